The quantitative estimate of drug-likeness (QED) is 0.294. The molecule has 3 aromatic carbocycles. The smallest absolute Gasteiger partial charge is 0.244 e. The van der Waals surface area contributed by atoms with E-state index in [1.165, 1.54) is 11.0 Å². The fraction of sp³-hybridized carbons (Fsp3) is 0.310. The lowest BCUT2D eigenvalue weighted by atomic mass is 10.0. The molecule has 10 heteroatoms. The van der Waals surface area contributed by atoms with Gasteiger partial charge in [-0.2, -0.15) is 0 Å². The molecule has 0 heterocycles. The fourth-order valence-corrected chi connectivity index (χ4v) is 5.30. The number of hydrogen-bond donors (Lipinski definition) is 1. The average molecular weight is 635 g/mol. The minimum atomic E-state index is -3.85. The Bertz CT molecular complexity index is 1370. The first-order valence-corrected chi connectivity index (χ1v) is 15.5. The van der Waals surface area contributed by atoms with Gasteiger partial charge in [0.15, 0.2) is 0 Å². The van der Waals surface area contributed by atoms with Crippen molar-refractivity contribution in [3.05, 3.63) is 99.5 Å². The number of sulfonamides is 1. The molecule has 0 aliphatic rings. The van der Waals surface area contributed by atoms with Crippen molar-refractivity contribution < 1.29 is 18.0 Å². The summed E-state index contributed by atoms with van der Waals surface area (Å²) in [4.78, 5) is 29.0. The largest absolute Gasteiger partial charge is 0.354 e. The van der Waals surface area contributed by atoms with E-state index in [4.69, 9.17) is 11.6 Å². The topological polar surface area (TPSA) is 86.8 Å². The summed E-state index contributed by atoms with van der Waals surface area (Å²) in [6.45, 7) is 4.06. The zero-order valence-electron chi connectivity index (χ0n) is 22.2. The highest BCUT2D eigenvalue weighted by atomic mass is 79.9. The van der Waals surface area contributed by atoms with Gasteiger partial charge in [-0.15, -0.1) is 0 Å². The molecule has 2 amide bonds. The number of benzene rings is 3. The number of nitrogens with zero attached hydrogens (tertiary/aromatic N) is 2. The van der Waals surface area contributed by atoms with Crippen LogP contribution in [-0.4, -0.2) is 50.5 Å². The highest BCUT2D eigenvalue weighted by Crippen LogP contribution is 2.23. The lowest BCUT2D eigenvalue weighted by Gasteiger charge is -2.33. The van der Waals surface area contributed by atoms with Gasteiger partial charge in [0.2, 0.25) is 21.8 Å². The summed E-state index contributed by atoms with van der Waals surface area (Å²) in [6, 6.07) is 22.3. The Labute approximate surface area is 244 Å². The molecule has 3 aromatic rings. The van der Waals surface area contributed by atoms with Gasteiger partial charge in [-0.05, 0) is 47.4 Å². The summed E-state index contributed by atoms with van der Waals surface area (Å²) in [5.74, 6) is -0.596. The monoisotopic (exact) mass is 633 g/mol. The van der Waals surface area contributed by atoms with Crippen molar-refractivity contribution in [2.45, 2.75) is 32.9 Å². The van der Waals surface area contributed by atoms with E-state index in [2.05, 4.69) is 21.2 Å². The molecule has 0 bridgehead atoms. The van der Waals surface area contributed by atoms with Crippen LogP contribution < -0.4 is 9.62 Å². The van der Waals surface area contributed by atoms with Crippen molar-refractivity contribution in [2.24, 2.45) is 5.92 Å². The molecule has 0 fully saturated rings. The van der Waals surface area contributed by atoms with Crippen LogP contribution in [0.1, 0.15) is 25.0 Å². The Morgan fingerprint density at radius 2 is 1.62 bits per heavy atom. The summed E-state index contributed by atoms with van der Waals surface area (Å²) in [5.41, 5.74) is 1.95. The van der Waals surface area contributed by atoms with Gasteiger partial charge in [0.25, 0.3) is 0 Å². The van der Waals surface area contributed by atoms with E-state index in [0.29, 0.717) is 11.6 Å². The molecule has 0 unspecified atom stereocenters. The average Bonchev–Trinajstić information content (AvgIpc) is 2.88. The Hall–Kier alpha value is -2.88. The summed E-state index contributed by atoms with van der Waals surface area (Å²) >= 11 is 9.56. The summed E-state index contributed by atoms with van der Waals surface area (Å²) < 4.78 is 27.5. The van der Waals surface area contributed by atoms with Crippen LogP contribution in [-0.2, 0) is 32.6 Å². The first kappa shape index (κ1) is 30.7. The molecule has 39 heavy (non-hydrogen) atoms. The summed E-state index contributed by atoms with van der Waals surface area (Å²) in [5, 5.41) is 3.31. The third-order valence-corrected chi connectivity index (χ3v) is 7.90. The minimum absolute atomic E-state index is 0.117. The molecule has 0 radical (unpaired) electrons. The first-order valence-electron chi connectivity index (χ1n) is 12.5. The lowest BCUT2D eigenvalue weighted by molar-refractivity contribution is -0.140. The second-order valence-electron chi connectivity index (χ2n) is 9.74. The molecule has 208 valence electrons. The van der Waals surface area contributed by atoms with Crippen LogP contribution in [0.2, 0.25) is 5.02 Å². The number of nitrogens with one attached hydrogen (secondary N) is 1. The Balaban J connectivity index is 2.04. The second-order valence-corrected chi connectivity index (χ2v) is 13.0. The molecule has 7 nitrogen and oxygen atoms in total. The maximum atomic E-state index is 14.0. The molecule has 0 saturated carbocycles. The molecule has 0 aromatic heterocycles. The maximum absolute atomic E-state index is 14.0. The van der Waals surface area contributed by atoms with E-state index in [1.807, 2.05) is 68.4 Å². The van der Waals surface area contributed by atoms with Gasteiger partial charge < -0.3 is 10.2 Å². The Kier molecular flexibility index (Phi) is 11.0. The number of carbonyl (C=O) groups is 2. The predicted molar refractivity (Wildman–Crippen MR) is 160 cm³/mol. The molecule has 0 spiro atoms. The van der Waals surface area contributed by atoms with Crippen molar-refractivity contribution in [3.63, 3.8) is 0 Å². The number of halogens is 2. The van der Waals surface area contributed by atoms with E-state index >= 15 is 0 Å². The van der Waals surface area contributed by atoms with Crippen LogP contribution in [0, 0.1) is 5.92 Å². The second kappa shape index (κ2) is 14.0. The third-order valence-electron chi connectivity index (χ3n) is 6.00. The van der Waals surface area contributed by atoms with E-state index in [9.17, 15) is 18.0 Å². The lowest BCUT2D eigenvalue weighted by Crippen LogP contribution is -2.53. The van der Waals surface area contributed by atoms with Crippen molar-refractivity contribution in [1.29, 1.82) is 0 Å². The van der Waals surface area contributed by atoms with E-state index < -0.39 is 28.5 Å². The van der Waals surface area contributed by atoms with Crippen molar-refractivity contribution in [2.75, 3.05) is 23.7 Å². The van der Waals surface area contributed by atoms with Crippen molar-refractivity contribution >= 4 is 55.1 Å². The van der Waals surface area contributed by atoms with Gasteiger partial charge in [-0.3, -0.25) is 13.9 Å². The SMILES string of the molecule is CC(C)CNC(=O)[C@@H](Cc1ccccc1)N(Cc1ccc(Br)cc1)C(=O)CN(c1cccc(Cl)c1)S(C)(=O)=O. The number of hydrogen-bond acceptors (Lipinski definition) is 4. The molecule has 1 N–H and O–H groups in total. The van der Waals surface area contributed by atoms with Crippen molar-refractivity contribution in [3.8, 4) is 0 Å². The van der Waals surface area contributed by atoms with E-state index in [0.717, 1.165) is 26.2 Å². The predicted octanol–water partition coefficient (Wildman–Crippen LogP) is 5.28. The normalized spacial score (nSPS) is 12.2. The van der Waals surface area contributed by atoms with Crippen LogP contribution in [0.25, 0.3) is 0 Å². The zero-order chi connectivity index (χ0) is 28.6. The van der Waals surface area contributed by atoms with Crippen LogP contribution in [0.3, 0.4) is 0 Å². The highest BCUT2D eigenvalue weighted by Gasteiger charge is 2.33. The van der Waals surface area contributed by atoms with Gasteiger partial charge in [0, 0.05) is 29.0 Å². The first-order chi connectivity index (χ1) is 18.4. The standard InChI is InChI=1S/C29H33BrClN3O4S/c1-21(2)18-32-29(36)27(16-22-8-5-4-6-9-22)33(19-23-12-14-24(30)15-13-23)28(35)20-34(39(3,37)38)26-11-7-10-25(31)17-26/h4-15,17,21,27H,16,18-20H2,1-3H3,(H,32,36)/t27-/m1/s1. The molecule has 0 aliphatic heterocycles. The molecular formula is C29H33BrClN3O4S. The van der Waals surface area contributed by atoms with Gasteiger partial charge in [-0.25, -0.2) is 8.42 Å². The summed E-state index contributed by atoms with van der Waals surface area (Å²) in [7, 11) is -3.85. The zero-order valence-corrected chi connectivity index (χ0v) is 25.3. The molecular weight excluding hydrogens is 602 g/mol. The van der Waals surface area contributed by atoms with Crippen LogP contribution in [0.4, 0.5) is 5.69 Å². The summed E-state index contributed by atoms with van der Waals surface area (Å²) in [6.07, 6.45) is 1.31. The van der Waals surface area contributed by atoms with Crippen LogP contribution in [0.15, 0.2) is 83.3 Å². The molecule has 0 aliphatic carbocycles. The molecule has 1 atom stereocenters. The van der Waals surface area contributed by atoms with Gasteiger partial charge >= 0.3 is 0 Å². The third kappa shape index (κ3) is 9.37. The number of amides is 2. The number of rotatable bonds is 12. The number of anilines is 1. The van der Waals surface area contributed by atoms with Crippen LogP contribution in [0.5, 0.6) is 0 Å². The fourth-order valence-electron chi connectivity index (χ4n) is 4.01. The molecule has 3 rings (SSSR count). The van der Waals surface area contributed by atoms with Gasteiger partial charge in [-0.1, -0.05) is 89.9 Å². The minimum Gasteiger partial charge on any atom is -0.354 e. The number of carbonyl (C=O) groups excluding carboxylic acids is 2. The van der Waals surface area contributed by atoms with E-state index in [-0.39, 0.29) is 30.5 Å². The van der Waals surface area contributed by atoms with Crippen molar-refractivity contribution in [1.82, 2.24) is 10.2 Å². The molecule has 0 saturated heterocycles. The highest BCUT2D eigenvalue weighted by molar-refractivity contribution is 9.10. The Morgan fingerprint density at radius 3 is 2.21 bits per heavy atom. The van der Waals surface area contributed by atoms with Gasteiger partial charge in [0.05, 0.1) is 11.9 Å². The van der Waals surface area contributed by atoms with Crippen LogP contribution >= 0.6 is 27.5 Å². The maximum Gasteiger partial charge on any atom is 0.244 e. The van der Waals surface area contributed by atoms with Gasteiger partial charge in [0.1, 0.15) is 12.6 Å². The van der Waals surface area contributed by atoms with E-state index in [1.54, 1.807) is 18.2 Å². The Morgan fingerprint density at radius 1 is 0.949 bits per heavy atom.